The lowest BCUT2D eigenvalue weighted by Gasteiger charge is -2.28. The van der Waals surface area contributed by atoms with Gasteiger partial charge in [0.25, 0.3) is 0 Å². The molecule has 16 heavy (non-hydrogen) atoms. The topological polar surface area (TPSA) is 72.6 Å². The minimum atomic E-state index is -0.535. The SMILES string of the molecule is CC(C)(C)OC(=O)N1C(C(N)=O)C[C@@H]2C[C@@H]21. The predicted molar refractivity (Wildman–Crippen MR) is 57.6 cm³/mol. The fourth-order valence-electron chi connectivity index (χ4n) is 2.29. The lowest BCUT2D eigenvalue weighted by Crippen LogP contribution is -2.47. The van der Waals surface area contributed by atoms with Gasteiger partial charge < -0.3 is 10.5 Å². The van der Waals surface area contributed by atoms with E-state index in [9.17, 15) is 9.59 Å². The van der Waals surface area contributed by atoms with Gasteiger partial charge in [-0.05, 0) is 39.5 Å². The molecular weight excluding hydrogens is 208 g/mol. The lowest BCUT2D eigenvalue weighted by atomic mass is 10.1. The third-order valence-electron chi connectivity index (χ3n) is 3.04. The number of amides is 2. The minimum absolute atomic E-state index is 0.173. The summed E-state index contributed by atoms with van der Waals surface area (Å²) < 4.78 is 5.28. The number of hydrogen-bond donors (Lipinski definition) is 1. The van der Waals surface area contributed by atoms with Crippen LogP contribution >= 0.6 is 0 Å². The second kappa shape index (κ2) is 3.37. The molecule has 2 rings (SSSR count). The number of hydrogen-bond acceptors (Lipinski definition) is 3. The number of nitrogens with two attached hydrogens (primary N) is 1. The highest BCUT2D eigenvalue weighted by molar-refractivity contribution is 5.85. The second-order valence-corrected chi connectivity index (χ2v) is 5.60. The molecule has 2 aliphatic rings. The number of carbonyl (C=O) groups is 2. The van der Waals surface area contributed by atoms with Crippen LogP contribution in [0.3, 0.4) is 0 Å². The number of ether oxygens (including phenoxy) is 1. The van der Waals surface area contributed by atoms with E-state index in [1.54, 1.807) is 0 Å². The first kappa shape index (κ1) is 11.2. The highest BCUT2D eigenvalue weighted by Gasteiger charge is 2.56. The summed E-state index contributed by atoms with van der Waals surface area (Å²) in [5.74, 6) is 0.0167. The number of fused-ring (bicyclic) bond motifs is 1. The van der Waals surface area contributed by atoms with Crippen LogP contribution in [0.5, 0.6) is 0 Å². The molecule has 1 aliphatic carbocycles. The molecule has 0 aromatic carbocycles. The van der Waals surface area contributed by atoms with Gasteiger partial charge in [-0.2, -0.15) is 0 Å². The Kier molecular flexibility index (Phi) is 2.36. The fraction of sp³-hybridized carbons (Fsp3) is 0.818. The van der Waals surface area contributed by atoms with Gasteiger partial charge in [0.1, 0.15) is 11.6 Å². The van der Waals surface area contributed by atoms with Crippen LogP contribution in [-0.4, -0.2) is 34.6 Å². The van der Waals surface area contributed by atoms with E-state index >= 15 is 0 Å². The fourth-order valence-corrected chi connectivity index (χ4v) is 2.29. The zero-order chi connectivity index (χ0) is 12.1. The molecule has 0 bridgehead atoms. The summed E-state index contributed by atoms with van der Waals surface area (Å²) in [7, 11) is 0. The summed E-state index contributed by atoms with van der Waals surface area (Å²) in [6, 6.07) is -0.300. The van der Waals surface area contributed by atoms with Gasteiger partial charge in [-0.3, -0.25) is 9.69 Å². The molecule has 2 amide bonds. The Bertz CT molecular complexity index is 335. The molecule has 1 unspecified atom stereocenters. The first-order valence-electron chi connectivity index (χ1n) is 5.60. The number of nitrogens with zero attached hydrogens (tertiary/aromatic N) is 1. The van der Waals surface area contributed by atoms with Crippen molar-refractivity contribution in [3.63, 3.8) is 0 Å². The molecule has 1 aliphatic heterocycles. The van der Waals surface area contributed by atoms with Crippen molar-refractivity contribution < 1.29 is 14.3 Å². The highest BCUT2D eigenvalue weighted by atomic mass is 16.6. The van der Waals surface area contributed by atoms with Crippen molar-refractivity contribution in [2.24, 2.45) is 11.7 Å². The van der Waals surface area contributed by atoms with Crippen molar-refractivity contribution in [2.75, 3.05) is 0 Å². The van der Waals surface area contributed by atoms with E-state index in [1.165, 1.54) is 4.90 Å². The van der Waals surface area contributed by atoms with E-state index in [1.807, 2.05) is 20.8 Å². The quantitative estimate of drug-likeness (QED) is 0.721. The van der Waals surface area contributed by atoms with Crippen LogP contribution in [0.1, 0.15) is 33.6 Å². The van der Waals surface area contributed by atoms with Gasteiger partial charge in [0.05, 0.1) is 0 Å². The van der Waals surface area contributed by atoms with Gasteiger partial charge in [0.2, 0.25) is 5.91 Å². The molecule has 0 aromatic heterocycles. The van der Waals surface area contributed by atoms with Crippen LogP contribution in [0, 0.1) is 5.92 Å². The standard InChI is InChI=1S/C11H18N2O3/c1-11(2,3)16-10(15)13-7-4-6(7)5-8(13)9(12)14/h6-8H,4-5H2,1-3H3,(H2,12,14)/t6-,7-,8?/m0/s1. The van der Waals surface area contributed by atoms with Crippen LogP contribution in [0.15, 0.2) is 0 Å². The maximum Gasteiger partial charge on any atom is 0.411 e. The summed E-state index contributed by atoms with van der Waals surface area (Å²) in [5, 5.41) is 0. The molecule has 0 aromatic rings. The van der Waals surface area contributed by atoms with E-state index in [4.69, 9.17) is 10.5 Å². The summed E-state index contributed by atoms with van der Waals surface area (Å²) in [5.41, 5.74) is 4.75. The smallest absolute Gasteiger partial charge is 0.411 e. The summed E-state index contributed by atoms with van der Waals surface area (Å²) in [4.78, 5) is 24.7. The molecule has 5 nitrogen and oxygen atoms in total. The van der Waals surface area contributed by atoms with Gasteiger partial charge in [-0.1, -0.05) is 0 Å². The van der Waals surface area contributed by atoms with E-state index in [-0.39, 0.29) is 6.04 Å². The van der Waals surface area contributed by atoms with Gasteiger partial charge in [0.15, 0.2) is 0 Å². The Morgan fingerprint density at radius 3 is 2.44 bits per heavy atom. The maximum atomic E-state index is 11.9. The lowest BCUT2D eigenvalue weighted by molar-refractivity contribution is -0.122. The minimum Gasteiger partial charge on any atom is -0.444 e. The third kappa shape index (κ3) is 1.99. The Hall–Kier alpha value is -1.26. The first-order valence-corrected chi connectivity index (χ1v) is 5.60. The monoisotopic (exact) mass is 226 g/mol. The van der Waals surface area contributed by atoms with Crippen molar-refractivity contribution in [3.8, 4) is 0 Å². The van der Waals surface area contributed by atoms with E-state index in [2.05, 4.69) is 0 Å². The molecule has 90 valence electrons. The maximum absolute atomic E-state index is 11.9. The second-order valence-electron chi connectivity index (χ2n) is 5.60. The molecule has 1 heterocycles. The van der Waals surface area contributed by atoms with Crippen molar-refractivity contribution in [3.05, 3.63) is 0 Å². The van der Waals surface area contributed by atoms with Crippen molar-refractivity contribution in [2.45, 2.75) is 51.3 Å². The zero-order valence-corrected chi connectivity index (χ0v) is 9.90. The van der Waals surface area contributed by atoms with Gasteiger partial charge in [-0.25, -0.2) is 4.79 Å². The average molecular weight is 226 g/mol. The van der Waals surface area contributed by atoms with Crippen LogP contribution in [0.4, 0.5) is 4.79 Å². The molecular formula is C11H18N2O3. The summed E-state index contributed by atoms with van der Waals surface area (Å²) in [6.45, 7) is 5.43. The number of rotatable bonds is 1. The van der Waals surface area contributed by atoms with Gasteiger partial charge >= 0.3 is 6.09 Å². The largest absolute Gasteiger partial charge is 0.444 e. The number of primary amides is 1. The molecule has 1 saturated heterocycles. The van der Waals surface area contributed by atoms with E-state index in [0.29, 0.717) is 12.3 Å². The number of likely N-dealkylation sites (tertiary alicyclic amines) is 1. The Labute approximate surface area is 94.9 Å². The molecule has 2 fully saturated rings. The average Bonchev–Trinajstić information content (AvgIpc) is 2.73. The van der Waals surface area contributed by atoms with Crippen LogP contribution in [0.25, 0.3) is 0 Å². The molecule has 0 radical (unpaired) electrons. The van der Waals surface area contributed by atoms with Crippen LogP contribution < -0.4 is 5.73 Å². The molecule has 0 spiro atoms. The molecule has 5 heteroatoms. The van der Waals surface area contributed by atoms with Crippen molar-refractivity contribution in [1.29, 1.82) is 0 Å². The van der Waals surface area contributed by atoms with Gasteiger partial charge in [-0.15, -0.1) is 0 Å². The van der Waals surface area contributed by atoms with Crippen LogP contribution in [-0.2, 0) is 9.53 Å². The summed E-state index contributed by atoms with van der Waals surface area (Å²) >= 11 is 0. The number of carbonyl (C=O) groups excluding carboxylic acids is 2. The Morgan fingerprint density at radius 2 is 1.94 bits per heavy atom. The van der Waals surface area contributed by atoms with E-state index in [0.717, 1.165) is 6.42 Å². The Morgan fingerprint density at radius 1 is 1.31 bits per heavy atom. The third-order valence-corrected chi connectivity index (χ3v) is 3.04. The predicted octanol–water partition coefficient (Wildman–Crippen LogP) is 0.870. The first-order chi connectivity index (χ1) is 7.29. The van der Waals surface area contributed by atoms with Crippen LogP contribution in [0.2, 0.25) is 0 Å². The van der Waals surface area contributed by atoms with Crippen molar-refractivity contribution in [1.82, 2.24) is 4.90 Å². The number of piperidine rings is 1. The van der Waals surface area contributed by atoms with Crippen molar-refractivity contribution >= 4 is 12.0 Å². The van der Waals surface area contributed by atoms with Gasteiger partial charge in [0, 0.05) is 6.04 Å². The molecule has 1 saturated carbocycles. The molecule has 3 atom stereocenters. The zero-order valence-electron chi connectivity index (χ0n) is 9.90. The normalized spacial score (nSPS) is 32.2. The highest BCUT2D eigenvalue weighted by Crippen LogP contribution is 2.48. The van der Waals surface area contributed by atoms with E-state index < -0.39 is 23.6 Å². The molecule has 2 N–H and O–H groups in total. The Balaban J connectivity index is 2.07. The summed E-state index contributed by atoms with van der Waals surface area (Å²) in [6.07, 6.45) is 1.25.